The lowest BCUT2D eigenvalue weighted by atomic mass is 10.3. The Bertz CT molecular complexity index is 1200. The van der Waals surface area contributed by atoms with Gasteiger partial charge in [-0.15, -0.1) is 21.5 Å². The molecule has 12 heteroatoms. The van der Waals surface area contributed by atoms with Gasteiger partial charge in [0, 0.05) is 15.2 Å². The number of hydrogen-bond donors (Lipinski definition) is 3. The first-order valence-corrected chi connectivity index (χ1v) is 11.8. The zero-order chi connectivity index (χ0) is 22.5. The zero-order valence-electron chi connectivity index (χ0n) is 17.0. The zero-order valence-corrected chi connectivity index (χ0v) is 19.4. The minimum atomic E-state index is -0.710. The molecule has 0 bridgehead atoms. The van der Waals surface area contributed by atoms with Crippen LogP contribution in [0.15, 0.2) is 68.1 Å². The van der Waals surface area contributed by atoms with Crippen molar-refractivity contribution in [3.8, 4) is 5.75 Å². The van der Waals surface area contributed by atoms with Gasteiger partial charge >= 0.3 is 0 Å². The molecule has 3 aromatic heterocycles. The first kappa shape index (κ1) is 22.3. The average molecular weight is 487 g/mol. The summed E-state index contributed by atoms with van der Waals surface area (Å²) in [6.45, 7) is 1.62. The molecule has 3 heterocycles. The minimum Gasteiger partial charge on any atom is -0.497 e. The maximum absolute atomic E-state index is 13.1. The smallest absolute Gasteiger partial charge is 0.277 e. The number of H-pyrrole nitrogens is 1. The van der Waals surface area contributed by atoms with Crippen LogP contribution in [0.3, 0.4) is 0 Å². The Kier molecular flexibility index (Phi) is 7.05. The van der Waals surface area contributed by atoms with Crippen molar-refractivity contribution in [1.82, 2.24) is 25.1 Å². The van der Waals surface area contributed by atoms with E-state index in [-0.39, 0.29) is 5.69 Å². The van der Waals surface area contributed by atoms with E-state index in [4.69, 9.17) is 4.74 Å². The van der Waals surface area contributed by atoms with Gasteiger partial charge in [0.15, 0.2) is 10.3 Å². The normalized spacial score (nSPS) is 11.8. The SMILES string of the molecule is COc1ccc(Sc2ccc(Sc3nnc[nH]3)nc2C(=O)Nc2nc(C(C)O)cs2)cc1. The van der Waals surface area contributed by atoms with Gasteiger partial charge in [-0.25, -0.2) is 9.97 Å². The number of amides is 1. The van der Waals surface area contributed by atoms with Crippen molar-refractivity contribution in [3.05, 3.63) is 59.5 Å². The Morgan fingerprint density at radius 2 is 2.00 bits per heavy atom. The Morgan fingerprint density at radius 3 is 2.66 bits per heavy atom. The van der Waals surface area contributed by atoms with E-state index in [0.29, 0.717) is 25.9 Å². The molecular weight excluding hydrogens is 468 g/mol. The van der Waals surface area contributed by atoms with E-state index >= 15 is 0 Å². The van der Waals surface area contributed by atoms with Crippen molar-refractivity contribution >= 4 is 45.9 Å². The molecular formula is C20H18N6O3S3. The molecule has 0 radical (unpaired) electrons. The number of hydrogen-bond acceptors (Lipinski definition) is 10. The summed E-state index contributed by atoms with van der Waals surface area (Å²) in [5, 5.41) is 23.4. The number of aromatic nitrogens is 5. The predicted molar refractivity (Wildman–Crippen MR) is 123 cm³/mol. The molecule has 0 saturated carbocycles. The quantitative estimate of drug-likeness (QED) is 0.335. The van der Waals surface area contributed by atoms with Crippen molar-refractivity contribution in [2.45, 2.75) is 33.0 Å². The number of carbonyl (C=O) groups is 1. The van der Waals surface area contributed by atoms with Gasteiger partial charge in [-0.05, 0) is 55.1 Å². The Labute approximate surface area is 196 Å². The molecule has 0 aliphatic rings. The van der Waals surface area contributed by atoms with Gasteiger partial charge in [-0.2, -0.15) is 0 Å². The largest absolute Gasteiger partial charge is 0.497 e. The van der Waals surface area contributed by atoms with Crippen molar-refractivity contribution in [1.29, 1.82) is 0 Å². The fourth-order valence-electron chi connectivity index (χ4n) is 2.54. The number of aliphatic hydroxyl groups excluding tert-OH is 1. The molecule has 9 nitrogen and oxygen atoms in total. The Hall–Kier alpha value is -2.93. The summed E-state index contributed by atoms with van der Waals surface area (Å²) in [5.74, 6) is 0.356. The number of nitrogens with zero attached hydrogens (tertiary/aromatic N) is 4. The first-order chi connectivity index (χ1) is 15.5. The number of ether oxygens (including phenoxy) is 1. The highest BCUT2D eigenvalue weighted by atomic mass is 32.2. The lowest BCUT2D eigenvalue weighted by Crippen LogP contribution is -2.15. The molecule has 164 valence electrons. The van der Waals surface area contributed by atoms with Crippen LogP contribution >= 0.6 is 34.9 Å². The highest BCUT2D eigenvalue weighted by molar-refractivity contribution is 7.99. The van der Waals surface area contributed by atoms with Gasteiger partial charge in [0.05, 0.1) is 18.9 Å². The summed E-state index contributed by atoms with van der Waals surface area (Å²) in [6.07, 6.45) is 0.768. The van der Waals surface area contributed by atoms with E-state index in [9.17, 15) is 9.90 Å². The second-order valence-corrected chi connectivity index (χ2v) is 9.36. The third-order valence-electron chi connectivity index (χ3n) is 4.10. The lowest BCUT2D eigenvalue weighted by Gasteiger charge is -2.10. The topological polar surface area (TPSA) is 126 Å². The highest BCUT2D eigenvalue weighted by Gasteiger charge is 2.19. The van der Waals surface area contributed by atoms with E-state index in [1.807, 2.05) is 36.4 Å². The summed E-state index contributed by atoms with van der Waals surface area (Å²) >= 11 is 3.93. The summed E-state index contributed by atoms with van der Waals surface area (Å²) in [5.41, 5.74) is 0.754. The molecule has 1 aromatic carbocycles. The molecule has 1 amide bonds. The average Bonchev–Trinajstić information content (AvgIpc) is 3.47. The van der Waals surface area contributed by atoms with Gasteiger partial charge in [0.1, 0.15) is 22.8 Å². The fraction of sp³-hybridized carbons (Fsp3) is 0.150. The second kappa shape index (κ2) is 10.1. The van der Waals surface area contributed by atoms with Crippen LogP contribution in [-0.4, -0.2) is 43.3 Å². The van der Waals surface area contributed by atoms with E-state index < -0.39 is 12.0 Å². The van der Waals surface area contributed by atoms with Crippen molar-refractivity contribution in [3.63, 3.8) is 0 Å². The molecule has 0 spiro atoms. The van der Waals surface area contributed by atoms with E-state index in [1.54, 1.807) is 19.4 Å². The fourth-order valence-corrected chi connectivity index (χ4v) is 4.90. The molecule has 0 aliphatic carbocycles. The number of rotatable bonds is 8. The molecule has 32 heavy (non-hydrogen) atoms. The van der Waals surface area contributed by atoms with Crippen molar-refractivity contribution in [2.24, 2.45) is 0 Å². The monoisotopic (exact) mass is 486 g/mol. The summed E-state index contributed by atoms with van der Waals surface area (Å²) < 4.78 is 5.21. The molecule has 1 unspecified atom stereocenters. The third kappa shape index (κ3) is 5.46. The predicted octanol–water partition coefficient (Wildman–Crippen LogP) is 4.27. The molecule has 3 N–H and O–H groups in total. The molecule has 1 atom stereocenters. The van der Waals surface area contributed by atoms with Crippen LogP contribution < -0.4 is 10.1 Å². The molecule has 4 rings (SSSR count). The number of pyridine rings is 1. The standard InChI is InChI=1S/C20H18N6O3S3/c1-11(27)14-9-30-20(23-14)25-18(28)17-15(31-13-5-3-12(29-2)4-6-13)7-8-16(24-17)32-19-21-10-22-26-19/h3-11,27H,1-2H3,(H,21,22,26)(H,23,25,28). The Morgan fingerprint density at radius 1 is 1.19 bits per heavy atom. The maximum atomic E-state index is 13.1. The first-order valence-electron chi connectivity index (χ1n) is 9.33. The molecule has 0 saturated heterocycles. The van der Waals surface area contributed by atoms with E-state index in [0.717, 1.165) is 10.6 Å². The van der Waals surface area contributed by atoms with Crippen LogP contribution in [-0.2, 0) is 0 Å². The second-order valence-electron chi connectivity index (χ2n) is 6.38. The molecule has 4 aromatic rings. The lowest BCUT2D eigenvalue weighted by molar-refractivity contribution is 0.101. The van der Waals surface area contributed by atoms with Crippen molar-refractivity contribution < 1.29 is 14.6 Å². The number of nitrogens with one attached hydrogen (secondary N) is 2. The van der Waals surface area contributed by atoms with Gasteiger partial charge in [0.2, 0.25) is 0 Å². The minimum absolute atomic E-state index is 0.254. The number of carbonyl (C=O) groups excluding carboxylic acids is 1. The third-order valence-corrected chi connectivity index (χ3v) is 6.76. The van der Waals surface area contributed by atoms with Gasteiger partial charge in [-0.1, -0.05) is 11.8 Å². The number of aliphatic hydroxyl groups is 1. The van der Waals surface area contributed by atoms with Crippen LogP contribution in [0.4, 0.5) is 5.13 Å². The van der Waals surface area contributed by atoms with E-state index in [2.05, 4.69) is 30.5 Å². The summed E-state index contributed by atoms with van der Waals surface area (Å²) in [6, 6.07) is 11.2. The van der Waals surface area contributed by atoms with Crippen LogP contribution in [0.1, 0.15) is 29.2 Å². The number of anilines is 1. The molecule has 0 fully saturated rings. The van der Waals surface area contributed by atoms with Crippen molar-refractivity contribution in [2.75, 3.05) is 12.4 Å². The van der Waals surface area contributed by atoms with Crippen LogP contribution in [0.5, 0.6) is 5.75 Å². The van der Waals surface area contributed by atoms with Gasteiger partial charge < -0.3 is 14.8 Å². The van der Waals surface area contributed by atoms with Gasteiger partial charge in [0.25, 0.3) is 5.91 Å². The molecule has 0 aliphatic heterocycles. The van der Waals surface area contributed by atoms with Gasteiger partial charge in [-0.3, -0.25) is 10.1 Å². The summed E-state index contributed by atoms with van der Waals surface area (Å²) in [4.78, 5) is 26.4. The number of benzene rings is 1. The number of aromatic amines is 1. The number of methoxy groups -OCH3 is 1. The number of thiazole rings is 1. The maximum Gasteiger partial charge on any atom is 0.277 e. The van der Waals surface area contributed by atoms with Crippen LogP contribution in [0, 0.1) is 0 Å². The van der Waals surface area contributed by atoms with Crippen LogP contribution in [0.25, 0.3) is 0 Å². The Balaban J connectivity index is 1.62. The highest BCUT2D eigenvalue weighted by Crippen LogP contribution is 2.34. The van der Waals surface area contributed by atoms with Crippen LogP contribution in [0.2, 0.25) is 0 Å². The summed E-state index contributed by atoms with van der Waals surface area (Å²) in [7, 11) is 1.61. The van der Waals surface area contributed by atoms with E-state index in [1.165, 1.54) is 41.2 Å².